The van der Waals surface area contributed by atoms with Gasteiger partial charge in [0.15, 0.2) is 0 Å². The maximum absolute atomic E-state index is 12.5. The fourth-order valence-corrected chi connectivity index (χ4v) is 17.1. The van der Waals surface area contributed by atoms with Crippen LogP contribution in [0.2, 0.25) is 0 Å². The van der Waals surface area contributed by atoms with Gasteiger partial charge in [-0.25, -0.2) is 8.42 Å². The van der Waals surface area contributed by atoms with Gasteiger partial charge >= 0.3 is 5.51 Å². The molecule has 0 aromatic heterocycles. The lowest BCUT2D eigenvalue weighted by Gasteiger charge is -2.32. The third-order valence-corrected chi connectivity index (χ3v) is 18.8. The summed E-state index contributed by atoms with van der Waals surface area (Å²) in [4.78, 5) is 0. The predicted molar refractivity (Wildman–Crippen MR) is 77.0 cm³/mol. The van der Waals surface area contributed by atoms with E-state index in [9.17, 15) is 21.6 Å². The van der Waals surface area contributed by atoms with Crippen LogP contribution in [0.5, 0.6) is 0 Å². The van der Waals surface area contributed by atoms with E-state index in [0.717, 1.165) is 12.3 Å². The second-order valence-electron chi connectivity index (χ2n) is 3.85. The highest BCUT2D eigenvalue weighted by molar-refractivity contribution is 8.42. The summed E-state index contributed by atoms with van der Waals surface area (Å²) in [6.07, 6.45) is 2.63. The van der Waals surface area contributed by atoms with Crippen LogP contribution in [0.1, 0.15) is 27.7 Å². The molecule has 0 heterocycles. The molecule has 0 radical (unpaired) electrons. The van der Waals surface area contributed by atoms with Gasteiger partial charge in [0.2, 0.25) is 0 Å². The molecule has 0 spiro atoms. The van der Waals surface area contributed by atoms with Gasteiger partial charge in [-0.2, -0.15) is 13.2 Å². The zero-order chi connectivity index (χ0) is 14.6. The fourth-order valence-electron chi connectivity index (χ4n) is 1.94. The van der Waals surface area contributed by atoms with Gasteiger partial charge in [-0.15, -0.1) is 0 Å². The van der Waals surface area contributed by atoms with E-state index < -0.39 is 29.5 Å². The first-order valence-corrected chi connectivity index (χ1v) is 12.1. The highest BCUT2D eigenvalue weighted by Gasteiger charge is 2.45. The quantitative estimate of drug-likeness (QED) is 0.687. The molecule has 110 valence electrons. The highest BCUT2D eigenvalue weighted by atomic mass is 32.2. The van der Waals surface area contributed by atoms with E-state index in [4.69, 9.17) is 0 Å². The smallest absolute Gasteiger partial charge is 0.215 e. The van der Waals surface area contributed by atoms with Crippen molar-refractivity contribution in [1.82, 2.24) is 0 Å². The molecule has 0 aliphatic carbocycles. The molecule has 0 amide bonds. The molecule has 0 fully saturated rings. The van der Waals surface area contributed by atoms with Gasteiger partial charge in [-0.1, -0.05) is 41.9 Å². The third-order valence-electron chi connectivity index (χ3n) is 3.05. The van der Waals surface area contributed by atoms with Gasteiger partial charge < -0.3 is 0 Å². The van der Waals surface area contributed by atoms with E-state index in [1.54, 1.807) is 13.8 Å². The van der Waals surface area contributed by atoms with E-state index in [0.29, 0.717) is 17.5 Å². The van der Waals surface area contributed by atoms with Crippen LogP contribution in [0, 0.1) is 0 Å². The Labute approximate surface area is 109 Å². The first-order valence-electron chi connectivity index (χ1n) is 5.89. The molecule has 0 N–H and O–H groups in total. The SMILES string of the molecule is CCP(CC)P(=CS(=O)(=O)C(F)(F)F)(CC)CC. The van der Waals surface area contributed by atoms with Gasteiger partial charge in [0.1, 0.15) is 0 Å². The van der Waals surface area contributed by atoms with Crippen LogP contribution in [-0.4, -0.2) is 43.7 Å². The van der Waals surface area contributed by atoms with E-state index in [2.05, 4.69) is 0 Å². The van der Waals surface area contributed by atoms with Crippen LogP contribution in [0.15, 0.2) is 0 Å². The van der Waals surface area contributed by atoms with Gasteiger partial charge in [0, 0.05) is 5.13 Å². The lowest BCUT2D eigenvalue weighted by Crippen LogP contribution is -2.24. The average Bonchev–Trinajstić information content (AvgIpc) is 2.27. The Kier molecular flexibility index (Phi) is 6.94. The summed E-state index contributed by atoms with van der Waals surface area (Å²) in [5.41, 5.74) is -5.16. The number of hydrogen-bond donors (Lipinski definition) is 0. The summed E-state index contributed by atoms with van der Waals surface area (Å²) in [5.74, 6) is 0. The van der Waals surface area contributed by atoms with Crippen molar-refractivity contribution in [3.63, 3.8) is 0 Å². The molecule has 0 aliphatic heterocycles. The molecule has 0 saturated carbocycles. The summed E-state index contributed by atoms with van der Waals surface area (Å²) in [6, 6.07) is 0. The first kappa shape index (κ1) is 18.5. The summed E-state index contributed by atoms with van der Waals surface area (Å²) < 4.78 is 60.3. The van der Waals surface area contributed by atoms with Gasteiger partial charge in [-0.05, 0) is 24.6 Å². The van der Waals surface area contributed by atoms with Crippen molar-refractivity contribution in [2.75, 3.05) is 24.6 Å². The van der Waals surface area contributed by atoms with Gasteiger partial charge in [0.05, 0.1) is 0 Å². The van der Waals surface area contributed by atoms with Crippen molar-refractivity contribution in [3.05, 3.63) is 0 Å². The zero-order valence-electron chi connectivity index (χ0n) is 11.2. The molecular formula is C10H21F3O2P2S. The number of rotatable bonds is 6. The minimum Gasteiger partial charge on any atom is -0.215 e. The Morgan fingerprint density at radius 2 is 1.44 bits per heavy atom. The predicted octanol–water partition coefficient (Wildman–Crippen LogP) is 4.17. The summed E-state index contributed by atoms with van der Waals surface area (Å²) in [6.45, 7) is 5.33. The number of sulfone groups is 1. The van der Waals surface area contributed by atoms with E-state index in [1.165, 1.54) is 0 Å². The Hall–Kier alpha value is 0.470. The molecule has 0 aromatic carbocycles. The van der Waals surface area contributed by atoms with E-state index in [-0.39, 0.29) is 0 Å². The minimum absolute atomic E-state index is 0.534. The maximum atomic E-state index is 12.5. The van der Waals surface area contributed by atoms with Crippen LogP contribution in [0.4, 0.5) is 13.2 Å². The standard InChI is InChI=1S/C10H21F3O2P2S/c1-5-16(6-2)17(7-3,8-4)9-18(14,15)10(11,12)13/h9H,5-8H2,1-4H3. The van der Waals surface area contributed by atoms with Crippen molar-refractivity contribution in [3.8, 4) is 0 Å². The average molecular weight is 324 g/mol. The second kappa shape index (κ2) is 6.76. The van der Waals surface area contributed by atoms with Crippen LogP contribution < -0.4 is 0 Å². The van der Waals surface area contributed by atoms with Crippen molar-refractivity contribution < 1.29 is 21.6 Å². The molecule has 8 heteroatoms. The van der Waals surface area contributed by atoms with Gasteiger partial charge in [0.25, 0.3) is 9.84 Å². The normalized spacial score (nSPS) is 14.0. The van der Waals surface area contributed by atoms with Crippen LogP contribution in [0.25, 0.3) is 0 Å². The first-order chi connectivity index (χ1) is 8.10. The van der Waals surface area contributed by atoms with E-state index in [1.807, 2.05) is 13.8 Å². The van der Waals surface area contributed by atoms with Crippen molar-refractivity contribution in [1.29, 1.82) is 0 Å². The Morgan fingerprint density at radius 3 is 1.67 bits per heavy atom. The topological polar surface area (TPSA) is 34.1 Å². The molecule has 0 bridgehead atoms. The highest BCUT2D eigenvalue weighted by Crippen LogP contribution is 2.75. The molecule has 0 saturated heterocycles. The number of hydrogen-bond acceptors (Lipinski definition) is 2. The van der Waals surface area contributed by atoms with Crippen LogP contribution in [-0.2, 0) is 9.84 Å². The molecule has 0 aliphatic rings. The lowest BCUT2D eigenvalue weighted by molar-refractivity contribution is -0.0415. The zero-order valence-corrected chi connectivity index (χ0v) is 13.8. The summed E-state index contributed by atoms with van der Waals surface area (Å²) >= 11 is 0. The van der Waals surface area contributed by atoms with Crippen LogP contribution in [0.3, 0.4) is 0 Å². The minimum atomic E-state index is -5.16. The number of halogens is 3. The molecule has 0 aromatic rings. The monoisotopic (exact) mass is 324 g/mol. The molecule has 18 heavy (non-hydrogen) atoms. The van der Waals surface area contributed by atoms with Crippen LogP contribution >= 0.6 is 14.2 Å². The largest absolute Gasteiger partial charge is 0.501 e. The molecule has 2 nitrogen and oxygen atoms in total. The fraction of sp³-hybridized carbons (Fsp3) is 0.900. The van der Waals surface area contributed by atoms with Crippen molar-refractivity contribution >= 4 is 29.2 Å². The Morgan fingerprint density at radius 1 is 1.06 bits per heavy atom. The van der Waals surface area contributed by atoms with Crippen molar-refractivity contribution in [2.45, 2.75) is 33.2 Å². The molecular weight excluding hydrogens is 303 g/mol. The summed E-state index contributed by atoms with van der Waals surface area (Å²) in [7, 11) is -5.74. The van der Waals surface area contributed by atoms with E-state index >= 15 is 0 Å². The molecule has 0 atom stereocenters. The lowest BCUT2D eigenvalue weighted by atomic mass is 11.0. The second-order valence-corrected chi connectivity index (χ2v) is 15.9. The Bertz CT molecular complexity index is 403. The Balaban J connectivity index is 5.92. The summed E-state index contributed by atoms with van der Waals surface area (Å²) in [5, 5.41) is 0.693. The molecule has 0 rings (SSSR count). The molecule has 0 unspecified atom stereocenters. The van der Waals surface area contributed by atoms with Gasteiger partial charge in [-0.3, -0.25) is 0 Å². The maximum Gasteiger partial charge on any atom is 0.501 e. The van der Waals surface area contributed by atoms with Crippen molar-refractivity contribution in [2.24, 2.45) is 0 Å². The number of alkyl halides is 3. The third kappa shape index (κ3) is 3.98.